The molecule has 9 heteroatoms. The number of amides is 2. The van der Waals surface area contributed by atoms with Gasteiger partial charge in [0.1, 0.15) is 5.75 Å². The van der Waals surface area contributed by atoms with E-state index in [9.17, 15) is 18.0 Å². The SMILES string of the molecule is CCOc1ccc(NS(=O)(=O)c2cccc(C(=O)N(C)CC(=O)NC(C)(C)C)c2)cc1. The van der Waals surface area contributed by atoms with Gasteiger partial charge in [-0.1, -0.05) is 6.07 Å². The normalized spacial score (nSPS) is 11.5. The van der Waals surface area contributed by atoms with Crippen LogP contribution in [0, 0.1) is 0 Å². The molecule has 0 heterocycles. The van der Waals surface area contributed by atoms with Gasteiger partial charge in [-0.3, -0.25) is 14.3 Å². The van der Waals surface area contributed by atoms with Crippen molar-refractivity contribution in [1.82, 2.24) is 10.2 Å². The average molecular weight is 448 g/mol. The monoisotopic (exact) mass is 447 g/mol. The Morgan fingerprint density at radius 3 is 2.29 bits per heavy atom. The minimum absolute atomic E-state index is 0.0558. The number of sulfonamides is 1. The second kappa shape index (κ2) is 9.82. The maximum atomic E-state index is 12.8. The summed E-state index contributed by atoms with van der Waals surface area (Å²) in [6, 6.07) is 12.2. The molecule has 0 fully saturated rings. The Hall–Kier alpha value is -3.07. The van der Waals surface area contributed by atoms with Gasteiger partial charge in [0.25, 0.3) is 15.9 Å². The van der Waals surface area contributed by atoms with Crippen molar-refractivity contribution in [3.05, 3.63) is 54.1 Å². The zero-order valence-corrected chi connectivity index (χ0v) is 19.2. The van der Waals surface area contributed by atoms with Crippen LogP contribution >= 0.6 is 0 Å². The molecule has 0 unspecified atom stereocenters. The molecular weight excluding hydrogens is 418 g/mol. The van der Waals surface area contributed by atoms with E-state index in [4.69, 9.17) is 4.74 Å². The number of benzene rings is 2. The Morgan fingerprint density at radius 2 is 1.71 bits per heavy atom. The van der Waals surface area contributed by atoms with Gasteiger partial charge in [0.15, 0.2) is 0 Å². The highest BCUT2D eigenvalue weighted by atomic mass is 32.2. The van der Waals surface area contributed by atoms with Gasteiger partial charge in [-0.25, -0.2) is 8.42 Å². The summed E-state index contributed by atoms with van der Waals surface area (Å²) in [5.41, 5.74) is 0.124. The van der Waals surface area contributed by atoms with E-state index < -0.39 is 21.5 Å². The maximum Gasteiger partial charge on any atom is 0.261 e. The van der Waals surface area contributed by atoms with Gasteiger partial charge >= 0.3 is 0 Å². The minimum Gasteiger partial charge on any atom is -0.494 e. The Morgan fingerprint density at radius 1 is 1.06 bits per heavy atom. The van der Waals surface area contributed by atoms with Crippen LogP contribution in [0.1, 0.15) is 38.1 Å². The lowest BCUT2D eigenvalue weighted by Crippen LogP contribution is -2.46. The van der Waals surface area contributed by atoms with Gasteiger partial charge in [0.05, 0.1) is 18.0 Å². The predicted octanol–water partition coefficient (Wildman–Crippen LogP) is 2.87. The van der Waals surface area contributed by atoms with Gasteiger partial charge in [0, 0.05) is 23.8 Å². The Labute approximate surface area is 183 Å². The Kier molecular flexibility index (Phi) is 7.67. The Balaban J connectivity index is 2.13. The van der Waals surface area contributed by atoms with E-state index in [-0.39, 0.29) is 22.9 Å². The number of ether oxygens (including phenoxy) is 1. The van der Waals surface area contributed by atoms with Crippen LogP contribution < -0.4 is 14.8 Å². The number of anilines is 1. The molecule has 0 aliphatic carbocycles. The molecule has 168 valence electrons. The zero-order chi connectivity index (χ0) is 23.2. The molecule has 0 bridgehead atoms. The summed E-state index contributed by atoms with van der Waals surface area (Å²) in [4.78, 5) is 26.0. The lowest BCUT2D eigenvalue weighted by atomic mass is 10.1. The van der Waals surface area contributed by atoms with E-state index in [0.29, 0.717) is 18.0 Å². The molecule has 2 N–H and O–H groups in total. The predicted molar refractivity (Wildman–Crippen MR) is 120 cm³/mol. The third-order valence-corrected chi connectivity index (χ3v) is 5.43. The number of nitrogens with zero attached hydrogens (tertiary/aromatic N) is 1. The van der Waals surface area contributed by atoms with Gasteiger partial charge in [-0.05, 0) is 70.2 Å². The molecule has 0 aliphatic heterocycles. The summed E-state index contributed by atoms with van der Waals surface area (Å²) in [5.74, 6) is -0.122. The highest BCUT2D eigenvalue weighted by molar-refractivity contribution is 7.92. The highest BCUT2D eigenvalue weighted by Gasteiger charge is 2.21. The number of hydrogen-bond acceptors (Lipinski definition) is 5. The molecule has 0 saturated carbocycles. The summed E-state index contributed by atoms with van der Waals surface area (Å²) in [6.07, 6.45) is 0. The van der Waals surface area contributed by atoms with Gasteiger partial charge in [-0.2, -0.15) is 0 Å². The molecule has 0 aromatic heterocycles. The first-order valence-electron chi connectivity index (χ1n) is 9.83. The minimum atomic E-state index is -3.91. The maximum absolute atomic E-state index is 12.8. The number of carbonyl (C=O) groups is 2. The first kappa shape index (κ1) is 24.2. The van der Waals surface area contributed by atoms with Gasteiger partial charge in [0.2, 0.25) is 5.91 Å². The van der Waals surface area contributed by atoms with Crippen LogP contribution in [0.3, 0.4) is 0 Å². The quantitative estimate of drug-likeness (QED) is 0.647. The molecule has 0 saturated heterocycles. The summed E-state index contributed by atoms with van der Waals surface area (Å²) < 4.78 is 33.4. The van der Waals surface area contributed by atoms with Gasteiger partial charge in [-0.15, -0.1) is 0 Å². The van der Waals surface area contributed by atoms with Crippen LogP contribution in [0.15, 0.2) is 53.4 Å². The summed E-state index contributed by atoms with van der Waals surface area (Å²) in [6.45, 7) is 7.77. The van der Waals surface area contributed by atoms with E-state index in [0.717, 1.165) is 0 Å². The summed E-state index contributed by atoms with van der Waals surface area (Å²) >= 11 is 0. The average Bonchev–Trinajstić information content (AvgIpc) is 2.67. The van der Waals surface area contributed by atoms with Crippen molar-refractivity contribution in [2.75, 3.05) is 24.9 Å². The first-order valence-corrected chi connectivity index (χ1v) is 11.3. The molecule has 0 atom stereocenters. The van der Waals surface area contributed by atoms with E-state index in [1.165, 1.54) is 36.2 Å². The third kappa shape index (κ3) is 7.29. The largest absolute Gasteiger partial charge is 0.494 e. The molecule has 8 nitrogen and oxygen atoms in total. The molecule has 0 aliphatic rings. The van der Waals surface area contributed by atoms with Crippen LogP contribution in [-0.4, -0.2) is 50.9 Å². The van der Waals surface area contributed by atoms with Gasteiger partial charge < -0.3 is 15.0 Å². The van der Waals surface area contributed by atoms with Crippen molar-refractivity contribution in [3.63, 3.8) is 0 Å². The summed E-state index contributed by atoms with van der Waals surface area (Å²) in [5, 5.41) is 2.78. The van der Waals surface area contributed by atoms with E-state index in [1.54, 1.807) is 24.3 Å². The van der Waals surface area contributed by atoms with Crippen molar-refractivity contribution in [3.8, 4) is 5.75 Å². The standard InChI is InChI=1S/C22H29N3O5S/c1-6-30-18-12-10-17(11-13-18)24-31(28,29)19-9-7-8-16(14-19)21(27)25(5)15-20(26)23-22(2,3)4/h7-14,24H,6,15H2,1-5H3,(H,23,26). The lowest BCUT2D eigenvalue weighted by molar-refractivity contribution is -0.122. The molecule has 2 rings (SSSR count). The highest BCUT2D eigenvalue weighted by Crippen LogP contribution is 2.20. The number of rotatable bonds is 8. The summed E-state index contributed by atoms with van der Waals surface area (Å²) in [7, 11) is -2.42. The second-order valence-electron chi connectivity index (χ2n) is 8.05. The first-order chi connectivity index (χ1) is 14.4. The molecule has 0 radical (unpaired) electrons. The van der Waals surface area contributed by atoms with Crippen molar-refractivity contribution in [2.24, 2.45) is 0 Å². The van der Waals surface area contributed by atoms with Crippen LogP contribution in [0.5, 0.6) is 5.75 Å². The van der Waals surface area contributed by atoms with E-state index in [1.807, 2.05) is 27.7 Å². The van der Waals surface area contributed by atoms with Crippen LogP contribution in [0.4, 0.5) is 5.69 Å². The molecule has 2 aromatic carbocycles. The molecule has 31 heavy (non-hydrogen) atoms. The fraction of sp³-hybridized carbons (Fsp3) is 0.364. The van der Waals surface area contributed by atoms with Crippen molar-refractivity contribution >= 4 is 27.5 Å². The molecule has 2 aromatic rings. The fourth-order valence-electron chi connectivity index (χ4n) is 2.76. The molecular formula is C22H29N3O5S. The Bertz CT molecular complexity index is 1030. The van der Waals surface area contributed by atoms with Crippen LogP contribution in [0.25, 0.3) is 0 Å². The number of carbonyl (C=O) groups excluding carboxylic acids is 2. The molecule has 0 spiro atoms. The van der Waals surface area contributed by atoms with E-state index in [2.05, 4.69) is 10.0 Å². The van der Waals surface area contributed by atoms with Crippen LogP contribution in [-0.2, 0) is 14.8 Å². The fourth-order valence-corrected chi connectivity index (χ4v) is 3.87. The number of nitrogens with one attached hydrogen (secondary N) is 2. The van der Waals surface area contributed by atoms with Crippen LogP contribution in [0.2, 0.25) is 0 Å². The van der Waals surface area contributed by atoms with Crippen molar-refractivity contribution in [2.45, 2.75) is 38.1 Å². The third-order valence-electron chi connectivity index (χ3n) is 4.05. The molecule has 2 amide bonds. The van der Waals surface area contributed by atoms with Crippen molar-refractivity contribution < 1.29 is 22.7 Å². The lowest BCUT2D eigenvalue weighted by Gasteiger charge is -2.23. The smallest absolute Gasteiger partial charge is 0.261 e. The number of likely N-dealkylation sites (N-methyl/N-ethyl adjacent to an activating group) is 1. The zero-order valence-electron chi connectivity index (χ0n) is 18.4. The van der Waals surface area contributed by atoms with E-state index >= 15 is 0 Å². The number of hydrogen-bond donors (Lipinski definition) is 2. The second-order valence-corrected chi connectivity index (χ2v) is 9.73. The van der Waals surface area contributed by atoms with Crippen molar-refractivity contribution in [1.29, 1.82) is 0 Å². The topological polar surface area (TPSA) is 105 Å².